The Morgan fingerprint density at radius 3 is 2.75 bits per heavy atom. The van der Waals surface area contributed by atoms with E-state index in [4.69, 9.17) is 8.94 Å². The monoisotopic (exact) mass is 382 g/mol. The molecule has 1 atom stereocenters. The van der Waals surface area contributed by atoms with Crippen LogP contribution in [-0.4, -0.2) is 33.3 Å². The Bertz CT molecular complexity index is 984. The first-order chi connectivity index (χ1) is 13.5. The summed E-state index contributed by atoms with van der Waals surface area (Å²) in [5.74, 6) is 2.03. The molecule has 1 saturated heterocycles. The van der Waals surface area contributed by atoms with E-state index in [1.807, 2.05) is 13.8 Å². The van der Waals surface area contributed by atoms with Crippen molar-refractivity contribution < 1.29 is 13.3 Å². The quantitative estimate of drug-likeness (QED) is 0.672. The summed E-state index contributed by atoms with van der Waals surface area (Å²) < 4.78 is 24.6. The van der Waals surface area contributed by atoms with Crippen LogP contribution in [0.1, 0.15) is 48.1 Å². The molecule has 1 spiro atoms. The molecule has 3 aromatic rings. The van der Waals surface area contributed by atoms with E-state index >= 15 is 0 Å². The minimum absolute atomic E-state index is 0.279. The largest absolute Gasteiger partial charge is 0.420 e. The second-order valence-corrected chi connectivity index (χ2v) is 8.15. The van der Waals surface area contributed by atoms with Crippen molar-refractivity contribution in [2.24, 2.45) is 5.41 Å². The van der Waals surface area contributed by atoms with Gasteiger partial charge in [-0.15, -0.1) is 10.2 Å². The molecule has 3 heterocycles. The fourth-order valence-electron chi connectivity index (χ4n) is 4.47. The number of hydrogen-bond donors (Lipinski definition) is 0. The highest BCUT2D eigenvalue weighted by Gasteiger charge is 2.58. The smallest absolute Gasteiger partial charge is 0.247 e. The van der Waals surface area contributed by atoms with Crippen LogP contribution >= 0.6 is 0 Å². The maximum absolute atomic E-state index is 13.4. The zero-order valence-electron chi connectivity index (χ0n) is 16.1. The van der Waals surface area contributed by atoms with E-state index in [9.17, 15) is 4.39 Å². The number of rotatable bonds is 4. The molecule has 2 aliphatic rings. The topological polar surface area (TPSA) is 68.2 Å². The van der Waals surface area contributed by atoms with Crippen molar-refractivity contribution in [1.82, 2.24) is 20.3 Å². The van der Waals surface area contributed by atoms with E-state index in [-0.39, 0.29) is 11.2 Å². The molecule has 1 aliphatic heterocycles. The number of halogens is 1. The summed E-state index contributed by atoms with van der Waals surface area (Å²) >= 11 is 0. The zero-order chi connectivity index (χ0) is 19.3. The molecule has 1 saturated carbocycles. The number of hydrogen-bond acceptors (Lipinski definition) is 6. The molecule has 2 fully saturated rings. The molecule has 0 bridgehead atoms. The van der Waals surface area contributed by atoms with Crippen LogP contribution in [0.3, 0.4) is 0 Å². The minimum Gasteiger partial charge on any atom is -0.420 e. The van der Waals surface area contributed by atoms with Gasteiger partial charge in [0.05, 0.1) is 5.69 Å². The van der Waals surface area contributed by atoms with Gasteiger partial charge in [0.2, 0.25) is 11.8 Å². The van der Waals surface area contributed by atoms with Gasteiger partial charge in [-0.1, -0.05) is 11.2 Å². The number of benzene rings is 1. The van der Waals surface area contributed by atoms with E-state index in [1.165, 1.54) is 17.7 Å². The van der Waals surface area contributed by atoms with Gasteiger partial charge in [-0.05, 0) is 69.8 Å². The Morgan fingerprint density at radius 1 is 1.21 bits per heavy atom. The highest BCUT2D eigenvalue weighted by atomic mass is 19.1. The van der Waals surface area contributed by atoms with E-state index < -0.39 is 0 Å². The van der Waals surface area contributed by atoms with Crippen molar-refractivity contribution in [2.75, 3.05) is 13.1 Å². The number of piperidine rings is 1. The second-order valence-electron chi connectivity index (χ2n) is 8.15. The number of aromatic nitrogens is 3. The normalized spacial score (nSPS) is 21.3. The summed E-state index contributed by atoms with van der Waals surface area (Å²) in [6.07, 6.45) is 3.34. The minimum atomic E-state index is -0.300. The van der Waals surface area contributed by atoms with Crippen molar-refractivity contribution in [1.29, 1.82) is 0 Å². The molecule has 0 radical (unpaired) electrons. The lowest BCUT2D eigenvalue weighted by molar-refractivity contribution is 0.159. The van der Waals surface area contributed by atoms with Crippen LogP contribution in [-0.2, 0) is 6.54 Å². The average Bonchev–Trinajstić information content (AvgIpc) is 3.02. The summed E-state index contributed by atoms with van der Waals surface area (Å²) in [5.41, 5.74) is 3.10. The van der Waals surface area contributed by atoms with Gasteiger partial charge in [0.1, 0.15) is 11.6 Å². The fraction of sp³-hybridized carbons (Fsp3) is 0.476. The molecule has 7 heteroatoms. The number of likely N-dealkylation sites (tertiary alicyclic amines) is 1. The zero-order valence-corrected chi connectivity index (χ0v) is 16.1. The van der Waals surface area contributed by atoms with Crippen molar-refractivity contribution in [3.05, 3.63) is 53.0 Å². The van der Waals surface area contributed by atoms with E-state index in [0.717, 1.165) is 50.4 Å². The highest BCUT2D eigenvalue weighted by Crippen LogP contribution is 2.64. The lowest BCUT2D eigenvalue weighted by Crippen LogP contribution is -2.34. The summed E-state index contributed by atoms with van der Waals surface area (Å²) in [5, 5.41) is 12.5. The van der Waals surface area contributed by atoms with Crippen molar-refractivity contribution >= 4 is 0 Å². The molecule has 6 nitrogen and oxygen atoms in total. The first-order valence-corrected chi connectivity index (χ1v) is 9.77. The highest BCUT2D eigenvalue weighted by molar-refractivity contribution is 5.52. The van der Waals surface area contributed by atoms with Gasteiger partial charge < -0.3 is 8.94 Å². The standard InChI is InChI=1S/C21H23FN4O2/c1-13-17(14(2)28-25-13)12-26-8-6-21(7-9-26)11-18(21)20-24-23-19(27-20)15-4-3-5-16(22)10-15/h3-5,10,18H,6-9,11-12H2,1-2H3/t18-/m0/s1. The Morgan fingerprint density at radius 2 is 2.04 bits per heavy atom. The maximum atomic E-state index is 13.4. The summed E-state index contributed by atoms with van der Waals surface area (Å²) in [7, 11) is 0. The number of aryl methyl sites for hydroxylation is 2. The van der Waals surface area contributed by atoms with Gasteiger partial charge in [-0.2, -0.15) is 0 Å². The van der Waals surface area contributed by atoms with Crippen molar-refractivity contribution in [2.45, 2.75) is 45.6 Å². The third-order valence-corrected chi connectivity index (χ3v) is 6.41. The third kappa shape index (κ3) is 3.03. The Labute approximate surface area is 162 Å². The summed E-state index contributed by atoms with van der Waals surface area (Å²) in [6, 6.07) is 6.28. The first-order valence-electron chi connectivity index (χ1n) is 9.77. The van der Waals surface area contributed by atoms with Gasteiger partial charge in [0.25, 0.3) is 0 Å². The average molecular weight is 382 g/mol. The van der Waals surface area contributed by atoms with Crippen molar-refractivity contribution in [3.63, 3.8) is 0 Å². The summed E-state index contributed by atoms with van der Waals surface area (Å²) in [6.45, 7) is 6.96. The molecule has 1 aliphatic carbocycles. The molecule has 28 heavy (non-hydrogen) atoms. The van der Waals surface area contributed by atoms with Gasteiger partial charge in [-0.25, -0.2) is 4.39 Å². The molecule has 1 aromatic carbocycles. The Balaban J connectivity index is 1.23. The first kappa shape index (κ1) is 17.6. The van der Waals surface area contributed by atoms with Crippen LogP contribution in [0, 0.1) is 25.1 Å². The molecule has 2 aromatic heterocycles. The van der Waals surface area contributed by atoms with Crippen LogP contribution in [0.25, 0.3) is 11.5 Å². The number of nitrogens with zero attached hydrogens (tertiary/aromatic N) is 4. The van der Waals surface area contributed by atoms with Gasteiger partial charge in [0.15, 0.2) is 0 Å². The van der Waals surface area contributed by atoms with Crippen LogP contribution in [0.15, 0.2) is 33.2 Å². The molecule has 0 N–H and O–H groups in total. The molecule has 5 rings (SSSR count). The SMILES string of the molecule is Cc1noc(C)c1CN1CCC2(CC1)C[C@H]2c1nnc(-c2cccc(F)c2)o1. The van der Waals surface area contributed by atoms with E-state index in [0.29, 0.717) is 23.3 Å². The van der Waals surface area contributed by atoms with E-state index in [2.05, 4.69) is 20.3 Å². The lowest BCUT2D eigenvalue weighted by Gasteiger charge is -2.32. The Hall–Kier alpha value is -2.54. The maximum Gasteiger partial charge on any atom is 0.247 e. The van der Waals surface area contributed by atoms with Crippen LogP contribution in [0.5, 0.6) is 0 Å². The van der Waals surface area contributed by atoms with Gasteiger partial charge >= 0.3 is 0 Å². The molecular formula is C21H23FN4O2. The molecule has 0 unspecified atom stereocenters. The fourth-order valence-corrected chi connectivity index (χ4v) is 4.47. The van der Waals surface area contributed by atoms with Gasteiger partial charge in [-0.3, -0.25) is 4.90 Å². The predicted molar refractivity (Wildman–Crippen MR) is 100.0 cm³/mol. The van der Waals surface area contributed by atoms with E-state index in [1.54, 1.807) is 12.1 Å². The van der Waals surface area contributed by atoms with Crippen LogP contribution in [0.4, 0.5) is 4.39 Å². The Kier molecular flexibility index (Phi) is 4.08. The second kappa shape index (κ2) is 6.51. The van der Waals surface area contributed by atoms with Crippen LogP contribution < -0.4 is 0 Å². The predicted octanol–water partition coefficient (Wildman–Crippen LogP) is 4.25. The summed E-state index contributed by atoms with van der Waals surface area (Å²) in [4.78, 5) is 2.47. The molecule has 0 amide bonds. The van der Waals surface area contributed by atoms with Gasteiger partial charge in [0, 0.05) is 23.6 Å². The van der Waals surface area contributed by atoms with Crippen LogP contribution in [0.2, 0.25) is 0 Å². The molecular weight excluding hydrogens is 359 g/mol. The van der Waals surface area contributed by atoms with Crippen molar-refractivity contribution in [3.8, 4) is 11.5 Å². The molecule has 146 valence electrons. The third-order valence-electron chi connectivity index (χ3n) is 6.41. The lowest BCUT2D eigenvalue weighted by atomic mass is 9.90.